The number of pyridine rings is 1. The number of thioether (sulfide) groups is 1. The zero-order valence-corrected chi connectivity index (χ0v) is 9.08. The van der Waals surface area contributed by atoms with E-state index >= 15 is 0 Å². The molecule has 1 aliphatic rings. The molecule has 76 valence electrons. The summed E-state index contributed by atoms with van der Waals surface area (Å²) in [7, 11) is 0. The number of nitrogens with one attached hydrogen (secondary N) is 2. The second kappa shape index (κ2) is 4.00. The molecule has 0 unspecified atom stereocenters. The van der Waals surface area contributed by atoms with Crippen LogP contribution in [0.5, 0.6) is 0 Å². The number of hydrogen-bond acceptors (Lipinski definition) is 4. The van der Waals surface area contributed by atoms with Crippen molar-refractivity contribution < 1.29 is 4.79 Å². The van der Waals surface area contributed by atoms with E-state index in [4.69, 9.17) is 12.2 Å². The number of thiocarbonyl (C=S) groups is 1. The van der Waals surface area contributed by atoms with Crippen molar-refractivity contribution in [1.82, 2.24) is 10.3 Å². The molecule has 15 heavy (non-hydrogen) atoms. The van der Waals surface area contributed by atoms with Crippen molar-refractivity contribution in [1.29, 1.82) is 0 Å². The molecule has 2 N–H and O–H groups in total. The monoisotopic (exact) mass is 238 g/mol. The maximum atomic E-state index is 11.3. The molecule has 2 rings (SSSR count). The van der Waals surface area contributed by atoms with Crippen molar-refractivity contribution in [3.05, 3.63) is 39.2 Å². The van der Waals surface area contributed by atoms with Crippen LogP contribution < -0.4 is 10.9 Å². The predicted octanol–water partition coefficient (Wildman–Crippen LogP) is 0.864. The Kier molecular flexibility index (Phi) is 2.70. The molecule has 4 nitrogen and oxygen atoms in total. The summed E-state index contributed by atoms with van der Waals surface area (Å²) in [5, 5.41) is 2.48. The Morgan fingerprint density at radius 1 is 1.40 bits per heavy atom. The molecule has 1 aliphatic heterocycles. The van der Waals surface area contributed by atoms with Crippen molar-refractivity contribution in [2.45, 2.75) is 0 Å². The zero-order chi connectivity index (χ0) is 10.8. The molecular weight excluding hydrogens is 232 g/mol. The van der Waals surface area contributed by atoms with Crippen LogP contribution >= 0.6 is 24.0 Å². The van der Waals surface area contributed by atoms with Gasteiger partial charge in [-0.2, -0.15) is 0 Å². The first-order valence-corrected chi connectivity index (χ1v) is 5.32. The average Bonchev–Trinajstić information content (AvgIpc) is 2.49. The van der Waals surface area contributed by atoms with Gasteiger partial charge in [0.05, 0.1) is 4.91 Å². The van der Waals surface area contributed by atoms with Crippen molar-refractivity contribution in [3.8, 4) is 0 Å². The summed E-state index contributed by atoms with van der Waals surface area (Å²) in [6.45, 7) is 0. The van der Waals surface area contributed by atoms with Gasteiger partial charge in [-0.05, 0) is 18.2 Å². The van der Waals surface area contributed by atoms with Gasteiger partial charge < -0.3 is 10.3 Å². The van der Waals surface area contributed by atoms with Crippen LogP contribution in [0.1, 0.15) is 5.56 Å². The van der Waals surface area contributed by atoms with E-state index < -0.39 is 0 Å². The number of rotatable bonds is 1. The first-order chi connectivity index (χ1) is 7.16. The van der Waals surface area contributed by atoms with Gasteiger partial charge in [0, 0.05) is 11.8 Å². The quantitative estimate of drug-likeness (QED) is 0.563. The van der Waals surface area contributed by atoms with Gasteiger partial charge in [0.15, 0.2) is 0 Å². The molecule has 0 atom stereocenters. The maximum absolute atomic E-state index is 11.3. The molecule has 0 aromatic carbocycles. The molecule has 1 amide bonds. The lowest BCUT2D eigenvalue weighted by Crippen LogP contribution is -2.18. The third-order valence-electron chi connectivity index (χ3n) is 1.78. The van der Waals surface area contributed by atoms with Gasteiger partial charge in [-0.1, -0.05) is 24.0 Å². The molecule has 0 spiro atoms. The fourth-order valence-electron chi connectivity index (χ4n) is 1.11. The number of aromatic nitrogens is 1. The van der Waals surface area contributed by atoms with E-state index in [9.17, 15) is 9.59 Å². The standard InChI is InChI=1S/C9H6N2O2S2/c12-7-5(2-1-3-10-7)4-6-8(13)11-9(14)15-6/h1-4H,(H,10,12)(H,11,13,14)/b6-4-. The molecule has 6 heteroatoms. The topological polar surface area (TPSA) is 62.0 Å². The molecule has 0 radical (unpaired) electrons. The molecular formula is C9H6N2O2S2. The minimum Gasteiger partial charge on any atom is -0.329 e. The SMILES string of the molecule is O=C1NC(=S)S/C1=C\c1ccc[nH]c1=O. The summed E-state index contributed by atoms with van der Waals surface area (Å²) in [4.78, 5) is 25.6. The minimum atomic E-state index is -0.256. The highest BCUT2D eigenvalue weighted by Gasteiger charge is 2.22. The molecule has 2 heterocycles. The summed E-state index contributed by atoms with van der Waals surface area (Å²) in [5.74, 6) is -0.256. The van der Waals surface area contributed by atoms with E-state index in [0.29, 0.717) is 14.8 Å². The Bertz CT molecular complexity index is 519. The van der Waals surface area contributed by atoms with Crippen LogP contribution in [0.3, 0.4) is 0 Å². The van der Waals surface area contributed by atoms with Gasteiger partial charge >= 0.3 is 0 Å². The largest absolute Gasteiger partial charge is 0.329 e. The van der Waals surface area contributed by atoms with Gasteiger partial charge in [-0.25, -0.2) is 0 Å². The van der Waals surface area contributed by atoms with Crippen LogP contribution in [-0.2, 0) is 4.79 Å². The molecule has 1 aromatic heterocycles. The number of hydrogen-bond donors (Lipinski definition) is 2. The van der Waals surface area contributed by atoms with Gasteiger partial charge in [0.1, 0.15) is 4.32 Å². The van der Waals surface area contributed by atoms with Gasteiger partial charge in [-0.3, -0.25) is 9.59 Å². The normalized spacial score (nSPS) is 18.3. The summed E-state index contributed by atoms with van der Waals surface area (Å²) < 4.78 is 0.415. The number of carbonyl (C=O) groups is 1. The Morgan fingerprint density at radius 2 is 2.20 bits per heavy atom. The highest BCUT2D eigenvalue weighted by atomic mass is 32.2. The van der Waals surface area contributed by atoms with Crippen LogP contribution in [0.25, 0.3) is 6.08 Å². The van der Waals surface area contributed by atoms with E-state index in [2.05, 4.69) is 10.3 Å². The minimum absolute atomic E-state index is 0.226. The fourth-order valence-corrected chi connectivity index (χ4v) is 2.15. The summed E-state index contributed by atoms with van der Waals surface area (Å²) >= 11 is 5.98. The second-order valence-electron chi connectivity index (χ2n) is 2.81. The third kappa shape index (κ3) is 2.16. The Labute approximate surface area is 94.8 Å². The Balaban J connectivity index is 2.39. The molecule has 0 aliphatic carbocycles. The van der Waals surface area contributed by atoms with Crippen LogP contribution in [0.2, 0.25) is 0 Å². The number of aromatic amines is 1. The van der Waals surface area contributed by atoms with Gasteiger partial charge in [-0.15, -0.1) is 0 Å². The van der Waals surface area contributed by atoms with E-state index in [1.165, 1.54) is 12.3 Å². The Morgan fingerprint density at radius 3 is 2.80 bits per heavy atom. The average molecular weight is 238 g/mol. The molecule has 1 fully saturated rings. The predicted molar refractivity (Wildman–Crippen MR) is 63.4 cm³/mol. The second-order valence-corrected chi connectivity index (χ2v) is 4.53. The van der Waals surface area contributed by atoms with Crippen LogP contribution in [0.15, 0.2) is 28.0 Å². The van der Waals surface area contributed by atoms with Gasteiger partial charge in [0.25, 0.3) is 11.5 Å². The molecule has 1 aromatic rings. The van der Waals surface area contributed by atoms with Crippen molar-refractivity contribution in [3.63, 3.8) is 0 Å². The number of carbonyl (C=O) groups excluding carboxylic acids is 1. The van der Waals surface area contributed by atoms with E-state index in [1.54, 1.807) is 12.1 Å². The van der Waals surface area contributed by atoms with Crippen molar-refractivity contribution in [2.24, 2.45) is 0 Å². The smallest absolute Gasteiger partial charge is 0.263 e. The van der Waals surface area contributed by atoms with Crippen molar-refractivity contribution in [2.75, 3.05) is 0 Å². The Hall–Kier alpha value is -1.40. The zero-order valence-electron chi connectivity index (χ0n) is 7.44. The maximum Gasteiger partial charge on any atom is 0.263 e. The van der Waals surface area contributed by atoms with Crippen LogP contribution in [0, 0.1) is 0 Å². The summed E-state index contributed by atoms with van der Waals surface area (Å²) in [6.07, 6.45) is 3.06. The van der Waals surface area contributed by atoms with Crippen molar-refractivity contribution >= 4 is 40.3 Å². The van der Waals surface area contributed by atoms with Crippen LogP contribution in [0.4, 0.5) is 0 Å². The first-order valence-electron chi connectivity index (χ1n) is 4.09. The summed E-state index contributed by atoms with van der Waals surface area (Å²) in [5.41, 5.74) is 0.219. The van der Waals surface area contributed by atoms with E-state index in [1.807, 2.05) is 0 Å². The first kappa shape index (κ1) is 10.1. The molecule has 0 bridgehead atoms. The lowest BCUT2D eigenvalue weighted by molar-refractivity contribution is -0.115. The number of amides is 1. The highest BCUT2D eigenvalue weighted by Crippen LogP contribution is 2.24. The number of H-pyrrole nitrogens is 1. The lowest BCUT2D eigenvalue weighted by Gasteiger charge is -1.92. The lowest BCUT2D eigenvalue weighted by atomic mass is 10.2. The molecule has 0 saturated carbocycles. The molecule has 1 saturated heterocycles. The highest BCUT2D eigenvalue weighted by molar-refractivity contribution is 8.26. The summed E-state index contributed by atoms with van der Waals surface area (Å²) in [6, 6.07) is 3.34. The fraction of sp³-hybridized carbons (Fsp3) is 0. The van der Waals surface area contributed by atoms with Gasteiger partial charge in [0.2, 0.25) is 0 Å². The van der Waals surface area contributed by atoms with E-state index in [-0.39, 0.29) is 11.5 Å². The van der Waals surface area contributed by atoms with Crippen LogP contribution in [-0.4, -0.2) is 15.2 Å². The third-order valence-corrected chi connectivity index (χ3v) is 2.94. The van der Waals surface area contributed by atoms with E-state index in [0.717, 1.165) is 11.8 Å².